The maximum Gasteiger partial charge on any atom is 0.121 e. The highest BCUT2D eigenvalue weighted by Crippen LogP contribution is 2.33. The highest BCUT2D eigenvalue weighted by Gasteiger charge is 2.22. The Morgan fingerprint density at radius 1 is 1.28 bits per heavy atom. The fourth-order valence-electron chi connectivity index (χ4n) is 2.73. The van der Waals surface area contributed by atoms with Gasteiger partial charge in [-0.05, 0) is 36.8 Å². The summed E-state index contributed by atoms with van der Waals surface area (Å²) in [6, 6.07) is 5.90. The quantitative estimate of drug-likeness (QED) is 0.835. The van der Waals surface area contributed by atoms with Gasteiger partial charge < -0.3 is 15.4 Å². The van der Waals surface area contributed by atoms with Crippen molar-refractivity contribution in [3.05, 3.63) is 18.2 Å². The van der Waals surface area contributed by atoms with Crippen LogP contribution in [0.1, 0.15) is 26.7 Å². The second kappa shape index (κ2) is 5.51. The Morgan fingerprint density at radius 3 is 2.50 bits per heavy atom. The van der Waals surface area contributed by atoms with Crippen LogP contribution in [0.4, 0.5) is 11.4 Å². The van der Waals surface area contributed by atoms with Gasteiger partial charge in [0.25, 0.3) is 0 Å². The summed E-state index contributed by atoms with van der Waals surface area (Å²) in [6.45, 7) is 6.83. The molecule has 0 aliphatic carbocycles. The average Bonchev–Trinajstić information content (AvgIpc) is 2.39. The highest BCUT2D eigenvalue weighted by atomic mass is 16.5. The van der Waals surface area contributed by atoms with Gasteiger partial charge in [-0.25, -0.2) is 0 Å². The van der Waals surface area contributed by atoms with Crippen molar-refractivity contribution in [1.29, 1.82) is 0 Å². The van der Waals surface area contributed by atoms with Crippen LogP contribution in [0.5, 0.6) is 5.75 Å². The third kappa shape index (κ3) is 2.71. The van der Waals surface area contributed by atoms with E-state index in [-0.39, 0.29) is 0 Å². The van der Waals surface area contributed by atoms with Crippen LogP contribution in [0.3, 0.4) is 0 Å². The molecule has 1 saturated heterocycles. The monoisotopic (exact) mass is 248 g/mol. The standard InChI is InChI=1S/C15H24N2O/c1-11(2)12-6-8-17(9-7-12)15-10-13(18-3)4-5-14(15)16/h4-5,10-12H,6-9,16H2,1-3H3. The Bertz CT molecular complexity index is 395. The topological polar surface area (TPSA) is 38.5 Å². The molecular formula is C15H24N2O. The number of methoxy groups -OCH3 is 1. The van der Waals surface area contributed by atoms with Crippen molar-refractivity contribution in [3.63, 3.8) is 0 Å². The van der Waals surface area contributed by atoms with Crippen molar-refractivity contribution in [1.82, 2.24) is 0 Å². The number of ether oxygens (including phenoxy) is 1. The minimum absolute atomic E-state index is 0.787. The van der Waals surface area contributed by atoms with E-state index in [1.807, 2.05) is 18.2 Å². The molecular weight excluding hydrogens is 224 g/mol. The second-order valence-electron chi connectivity index (χ2n) is 5.49. The summed E-state index contributed by atoms with van der Waals surface area (Å²) in [6.07, 6.45) is 2.52. The molecule has 1 fully saturated rings. The van der Waals surface area contributed by atoms with Gasteiger partial charge in [-0.15, -0.1) is 0 Å². The zero-order chi connectivity index (χ0) is 13.1. The van der Waals surface area contributed by atoms with E-state index in [4.69, 9.17) is 10.5 Å². The van der Waals surface area contributed by atoms with E-state index >= 15 is 0 Å². The van der Waals surface area contributed by atoms with Crippen molar-refractivity contribution in [2.75, 3.05) is 30.8 Å². The fourth-order valence-corrected chi connectivity index (χ4v) is 2.73. The van der Waals surface area contributed by atoms with E-state index in [1.165, 1.54) is 12.8 Å². The van der Waals surface area contributed by atoms with Crippen LogP contribution in [-0.4, -0.2) is 20.2 Å². The average molecular weight is 248 g/mol. The molecule has 0 radical (unpaired) electrons. The first-order chi connectivity index (χ1) is 8.61. The lowest BCUT2D eigenvalue weighted by atomic mass is 9.86. The lowest BCUT2D eigenvalue weighted by molar-refractivity contribution is 0.311. The molecule has 0 unspecified atom stereocenters. The third-order valence-electron chi connectivity index (χ3n) is 4.06. The molecule has 1 heterocycles. The first-order valence-corrected chi connectivity index (χ1v) is 6.80. The summed E-state index contributed by atoms with van der Waals surface area (Å²) in [7, 11) is 1.69. The molecule has 3 heteroatoms. The number of rotatable bonds is 3. The first kappa shape index (κ1) is 13.1. The Morgan fingerprint density at radius 2 is 1.94 bits per heavy atom. The molecule has 18 heavy (non-hydrogen) atoms. The second-order valence-corrected chi connectivity index (χ2v) is 5.49. The van der Waals surface area contributed by atoms with Crippen molar-refractivity contribution >= 4 is 11.4 Å². The van der Waals surface area contributed by atoms with Gasteiger partial charge >= 0.3 is 0 Å². The Hall–Kier alpha value is -1.38. The summed E-state index contributed by atoms with van der Waals surface area (Å²) < 4.78 is 5.28. The molecule has 1 aromatic carbocycles. The summed E-state index contributed by atoms with van der Waals surface area (Å²) in [5, 5.41) is 0. The van der Waals surface area contributed by atoms with Crippen LogP contribution in [0.15, 0.2) is 18.2 Å². The predicted octanol–water partition coefficient (Wildman–Crippen LogP) is 3.15. The van der Waals surface area contributed by atoms with E-state index in [0.717, 1.165) is 42.0 Å². The largest absolute Gasteiger partial charge is 0.497 e. The summed E-state index contributed by atoms with van der Waals surface area (Å²) in [5.74, 6) is 2.52. The van der Waals surface area contributed by atoms with Gasteiger partial charge in [0.1, 0.15) is 5.75 Å². The zero-order valence-corrected chi connectivity index (χ0v) is 11.6. The predicted molar refractivity (Wildman–Crippen MR) is 77.2 cm³/mol. The molecule has 100 valence electrons. The zero-order valence-electron chi connectivity index (χ0n) is 11.6. The lowest BCUT2D eigenvalue weighted by Crippen LogP contribution is -2.35. The SMILES string of the molecule is COc1ccc(N)c(N2CCC(C(C)C)CC2)c1. The van der Waals surface area contributed by atoms with Crippen molar-refractivity contribution in [3.8, 4) is 5.75 Å². The van der Waals surface area contributed by atoms with E-state index in [9.17, 15) is 0 Å². The minimum Gasteiger partial charge on any atom is -0.497 e. The van der Waals surface area contributed by atoms with E-state index in [2.05, 4.69) is 18.7 Å². The van der Waals surface area contributed by atoms with Crippen molar-refractivity contribution < 1.29 is 4.74 Å². The molecule has 2 N–H and O–H groups in total. The van der Waals surface area contributed by atoms with Crippen LogP contribution >= 0.6 is 0 Å². The molecule has 0 aromatic heterocycles. The van der Waals surface area contributed by atoms with Gasteiger partial charge in [-0.3, -0.25) is 0 Å². The third-order valence-corrected chi connectivity index (χ3v) is 4.06. The van der Waals surface area contributed by atoms with Crippen LogP contribution in [0, 0.1) is 11.8 Å². The molecule has 0 atom stereocenters. The minimum atomic E-state index is 0.787. The number of benzene rings is 1. The van der Waals surface area contributed by atoms with Gasteiger partial charge in [-0.1, -0.05) is 13.8 Å². The summed E-state index contributed by atoms with van der Waals surface area (Å²) >= 11 is 0. The molecule has 1 aliphatic heterocycles. The molecule has 0 bridgehead atoms. The van der Waals surface area contributed by atoms with Crippen molar-refractivity contribution in [2.45, 2.75) is 26.7 Å². The van der Waals surface area contributed by atoms with Gasteiger partial charge in [0, 0.05) is 19.2 Å². The van der Waals surface area contributed by atoms with Crippen LogP contribution in [-0.2, 0) is 0 Å². The number of hydrogen-bond donors (Lipinski definition) is 1. The first-order valence-electron chi connectivity index (χ1n) is 6.80. The Labute approximate surface area is 110 Å². The van der Waals surface area contributed by atoms with Crippen LogP contribution in [0.25, 0.3) is 0 Å². The van der Waals surface area contributed by atoms with E-state index < -0.39 is 0 Å². The maximum absolute atomic E-state index is 6.07. The highest BCUT2D eigenvalue weighted by molar-refractivity contribution is 5.69. The normalized spacial score (nSPS) is 17.2. The van der Waals surface area contributed by atoms with Gasteiger partial charge in [0.2, 0.25) is 0 Å². The summed E-state index contributed by atoms with van der Waals surface area (Å²) in [4.78, 5) is 2.39. The fraction of sp³-hybridized carbons (Fsp3) is 0.600. The van der Waals surface area contributed by atoms with Crippen LogP contribution < -0.4 is 15.4 Å². The molecule has 0 spiro atoms. The Balaban J connectivity index is 2.09. The summed E-state index contributed by atoms with van der Waals surface area (Å²) in [5.41, 5.74) is 8.04. The molecule has 0 amide bonds. The molecule has 1 aliphatic rings. The van der Waals surface area contributed by atoms with E-state index in [1.54, 1.807) is 7.11 Å². The number of nitrogen functional groups attached to an aromatic ring is 1. The number of hydrogen-bond acceptors (Lipinski definition) is 3. The molecule has 1 aromatic rings. The van der Waals surface area contributed by atoms with Gasteiger partial charge in [-0.2, -0.15) is 0 Å². The van der Waals surface area contributed by atoms with Gasteiger partial charge in [0.05, 0.1) is 18.5 Å². The molecule has 3 nitrogen and oxygen atoms in total. The maximum atomic E-state index is 6.07. The van der Waals surface area contributed by atoms with Crippen LogP contribution in [0.2, 0.25) is 0 Å². The smallest absolute Gasteiger partial charge is 0.121 e. The lowest BCUT2D eigenvalue weighted by Gasteiger charge is -2.36. The Kier molecular flexibility index (Phi) is 4.00. The number of piperidine rings is 1. The number of nitrogens with zero attached hydrogens (tertiary/aromatic N) is 1. The molecule has 0 saturated carbocycles. The van der Waals surface area contributed by atoms with E-state index in [0.29, 0.717) is 0 Å². The number of nitrogens with two attached hydrogens (primary N) is 1. The van der Waals surface area contributed by atoms with Gasteiger partial charge in [0.15, 0.2) is 0 Å². The molecule has 2 rings (SSSR count). The van der Waals surface area contributed by atoms with Crippen molar-refractivity contribution in [2.24, 2.45) is 11.8 Å². The number of anilines is 2.